The van der Waals surface area contributed by atoms with Crippen molar-refractivity contribution in [2.24, 2.45) is 5.73 Å². The van der Waals surface area contributed by atoms with E-state index in [0.717, 1.165) is 17.7 Å². The fourth-order valence-electron chi connectivity index (χ4n) is 1.80. The van der Waals surface area contributed by atoms with Gasteiger partial charge in [-0.3, -0.25) is 10.1 Å². The molecular formula is C12H13BrN4O2. The van der Waals surface area contributed by atoms with Crippen LogP contribution in [0.5, 0.6) is 0 Å². The zero-order valence-electron chi connectivity index (χ0n) is 10.1. The van der Waals surface area contributed by atoms with Crippen LogP contribution in [0.3, 0.4) is 0 Å². The number of halogens is 1. The molecule has 0 aliphatic heterocycles. The number of nitrogens with two attached hydrogens (primary N) is 1. The van der Waals surface area contributed by atoms with Gasteiger partial charge >= 0.3 is 0 Å². The molecule has 1 aromatic carbocycles. The second-order valence-electron chi connectivity index (χ2n) is 4.08. The van der Waals surface area contributed by atoms with Gasteiger partial charge in [0.05, 0.1) is 16.9 Å². The summed E-state index contributed by atoms with van der Waals surface area (Å²) in [6.45, 7) is 1.08. The fraction of sp³-hybridized carbons (Fsp3) is 0.250. The second-order valence-corrected chi connectivity index (χ2v) is 4.88. The number of hydrogen-bond donors (Lipinski definition) is 1. The SMILES string of the molecule is NCCc1cn(Cc2cccc([N+](=O)[O-])c2Br)cn1. The monoisotopic (exact) mass is 324 g/mol. The molecule has 0 bridgehead atoms. The van der Waals surface area contributed by atoms with E-state index < -0.39 is 4.92 Å². The van der Waals surface area contributed by atoms with E-state index >= 15 is 0 Å². The smallest absolute Gasteiger partial charge is 0.283 e. The van der Waals surface area contributed by atoms with Gasteiger partial charge in [-0.2, -0.15) is 0 Å². The molecule has 2 rings (SSSR count). The molecule has 0 fully saturated rings. The largest absolute Gasteiger partial charge is 0.333 e. The Labute approximate surface area is 118 Å². The lowest BCUT2D eigenvalue weighted by Gasteiger charge is -2.05. The Morgan fingerprint density at radius 3 is 2.95 bits per heavy atom. The first-order valence-electron chi connectivity index (χ1n) is 5.74. The summed E-state index contributed by atoms with van der Waals surface area (Å²) in [5.41, 5.74) is 7.30. The maximum absolute atomic E-state index is 10.9. The Morgan fingerprint density at radius 2 is 2.26 bits per heavy atom. The van der Waals surface area contributed by atoms with E-state index in [0.29, 0.717) is 17.6 Å². The van der Waals surface area contributed by atoms with Crippen LogP contribution in [0, 0.1) is 10.1 Å². The molecule has 1 aromatic heterocycles. The van der Waals surface area contributed by atoms with Gasteiger partial charge in [0.15, 0.2) is 0 Å². The number of benzene rings is 1. The molecule has 0 saturated heterocycles. The third-order valence-electron chi connectivity index (χ3n) is 2.70. The number of imidazole rings is 1. The van der Waals surface area contributed by atoms with Crippen molar-refractivity contribution in [2.45, 2.75) is 13.0 Å². The van der Waals surface area contributed by atoms with Gasteiger partial charge in [0, 0.05) is 25.2 Å². The van der Waals surface area contributed by atoms with Gasteiger partial charge in [-0.25, -0.2) is 4.98 Å². The van der Waals surface area contributed by atoms with E-state index in [-0.39, 0.29) is 5.69 Å². The first-order valence-corrected chi connectivity index (χ1v) is 6.53. The molecule has 0 aliphatic rings. The van der Waals surface area contributed by atoms with Gasteiger partial charge in [-0.15, -0.1) is 0 Å². The van der Waals surface area contributed by atoms with Gasteiger partial charge < -0.3 is 10.3 Å². The molecule has 1 heterocycles. The molecule has 0 radical (unpaired) electrons. The lowest BCUT2D eigenvalue weighted by Crippen LogP contribution is -2.03. The summed E-state index contributed by atoms with van der Waals surface area (Å²) in [4.78, 5) is 14.7. The standard InChI is InChI=1S/C12H13BrN4O2/c13-12-9(2-1-3-11(12)17(18)19)6-16-7-10(4-5-14)15-8-16/h1-3,7-8H,4-6,14H2. The van der Waals surface area contributed by atoms with Gasteiger partial charge in [-0.1, -0.05) is 12.1 Å². The van der Waals surface area contributed by atoms with Crippen molar-refractivity contribution in [2.75, 3.05) is 6.54 Å². The molecular weight excluding hydrogens is 312 g/mol. The molecule has 0 unspecified atom stereocenters. The van der Waals surface area contributed by atoms with Crippen molar-refractivity contribution in [1.29, 1.82) is 0 Å². The molecule has 0 saturated carbocycles. The van der Waals surface area contributed by atoms with Crippen molar-refractivity contribution in [1.82, 2.24) is 9.55 Å². The van der Waals surface area contributed by atoms with Crippen molar-refractivity contribution in [3.63, 3.8) is 0 Å². The summed E-state index contributed by atoms with van der Waals surface area (Å²) >= 11 is 3.28. The number of nitrogens with zero attached hydrogens (tertiary/aromatic N) is 3. The maximum Gasteiger partial charge on any atom is 0.283 e. The highest BCUT2D eigenvalue weighted by molar-refractivity contribution is 9.10. The lowest BCUT2D eigenvalue weighted by atomic mass is 10.2. The van der Waals surface area contributed by atoms with Crippen LogP contribution in [0.15, 0.2) is 35.2 Å². The second kappa shape index (κ2) is 5.94. The molecule has 2 N–H and O–H groups in total. The highest BCUT2D eigenvalue weighted by Crippen LogP contribution is 2.28. The van der Waals surface area contributed by atoms with Crippen LogP contribution >= 0.6 is 15.9 Å². The number of nitro benzene ring substituents is 1. The Balaban J connectivity index is 2.23. The predicted molar refractivity (Wildman–Crippen MR) is 74.9 cm³/mol. The molecule has 0 spiro atoms. The minimum atomic E-state index is -0.401. The van der Waals surface area contributed by atoms with Crippen LogP contribution in [-0.4, -0.2) is 21.0 Å². The third kappa shape index (κ3) is 3.18. The van der Waals surface area contributed by atoms with Gasteiger partial charge in [0.25, 0.3) is 5.69 Å². The normalized spacial score (nSPS) is 10.6. The molecule has 0 amide bonds. The molecule has 6 nitrogen and oxygen atoms in total. The molecule has 0 atom stereocenters. The van der Waals surface area contributed by atoms with E-state index in [1.165, 1.54) is 6.07 Å². The van der Waals surface area contributed by atoms with Crippen LogP contribution in [-0.2, 0) is 13.0 Å². The van der Waals surface area contributed by atoms with Crippen LogP contribution in [0.25, 0.3) is 0 Å². The van der Waals surface area contributed by atoms with E-state index in [1.807, 2.05) is 16.8 Å². The summed E-state index contributed by atoms with van der Waals surface area (Å²) in [6, 6.07) is 5.00. The quantitative estimate of drug-likeness (QED) is 0.674. The molecule has 0 aliphatic carbocycles. The predicted octanol–water partition coefficient (Wildman–Crippen LogP) is 2.10. The molecule has 7 heteroatoms. The Morgan fingerprint density at radius 1 is 1.47 bits per heavy atom. The summed E-state index contributed by atoms with van der Waals surface area (Å²) in [5, 5.41) is 10.9. The number of aromatic nitrogens is 2. The first-order chi connectivity index (χ1) is 9.11. The first kappa shape index (κ1) is 13.7. The fourth-order valence-corrected chi connectivity index (χ4v) is 2.33. The van der Waals surface area contributed by atoms with Gasteiger partial charge in [0.2, 0.25) is 0 Å². The van der Waals surface area contributed by atoms with Gasteiger partial charge in [-0.05, 0) is 28.0 Å². The van der Waals surface area contributed by atoms with E-state index in [4.69, 9.17) is 5.73 Å². The summed E-state index contributed by atoms with van der Waals surface area (Å²) in [7, 11) is 0. The zero-order chi connectivity index (χ0) is 13.8. The Bertz CT molecular complexity index is 597. The summed E-state index contributed by atoms with van der Waals surface area (Å²) < 4.78 is 2.39. The minimum Gasteiger partial charge on any atom is -0.333 e. The average Bonchev–Trinajstić information content (AvgIpc) is 2.79. The van der Waals surface area contributed by atoms with Crippen molar-refractivity contribution in [3.05, 3.63) is 56.6 Å². The number of nitro groups is 1. The highest BCUT2D eigenvalue weighted by atomic mass is 79.9. The zero-order valence-corrected chi connectivity index (χ0v) is 11.7. The van der Waals surface area contributed by atoms with Crippen molar-refractivity contribution >= 4 is 21.6 Å². The lowest BCUT2D eigenvalue weighted by molar-refractivity contribution is -0.385. The van der Waals surface area contributed by atoms with E-state index in [1.54, 1.807) is 12.4 Å². The van der Waals surface area contributed by atoms with E-state index in [9.17, 15) is 10.1 Å². The van der Waals surface area contributed by atoms with Crippen LogP contribution < -0.4 is 5.73 Å². The molecule has 2 aromatic rings. The van der Waals surface area contributed by atoms with Crippen molar-refractivity contribution in [3.8, 4) is 0 Å². The Kier molecular flexibility index (Phi) is 4.28. The number of hydrogen-bond acceptors (Lipinski definition) is 4. The van der Waals surface area contributed by atoms with Crippen LogP contribution in [0.2, 0.25) is 0 Å². The summed E-state index contributed by atoms with van der Waals surface area (Å²) in [5.74, 6) is 0. The van der Waals surface area contributed by atoms with Gasteiger partial charge in [0.1, 0.15) is 4.47 Å². The molecule has 100 valence electrons. The topological polar surface area (TPSA) is 87.0 Å². The molecule has 19 heavy (non-hydrogen) atoms. The van der Waals surface area contributed by atoms with Crippen LogP contribution in [0.4, 0.5) is 5.69 Å². The van der Waals surface area contributed by atoms with Crippen LogP contribution in [0.1, 0.15) is 11.3 Å². The average molecular weight is 325 g/mol. The maximum atomic E-state index is 10.9. The summed E-state index contributed by atoms with van der Waals surface area (Å²) in [6.07, 6.45) is 4.33. The number of rotatable bonds is 5. The van der Waals surface area contributed by atoms with Crippen molar-refractivity contribution < 1.29 is 4.92 Å². The van der Waals surface area contributed by atoms with E-state index in [2.05, 4.69) is 20.9 Å². The Hall–Kier alpha value is -1.73. The third-order valence-corrected chi connectivity index (χ3v) is 3.61. The minimum absolute atomic E-state index is 0.0693. The highest BCUT2D eigenvalue weighted by Gasteiger charge is 2.14.